The number of rotatable bonds is 2. The van der Waals surface area contributed by atoms with Crippen LogP contribution in [0.15, 0.2) is 10.7 Å². The lowest BCUT2D eigenvalue weighted by Crippen LogP contribution is -2.00. The van der Waals surface area contributed by atoms with Gasteiger partial charge in [0.2, 0.25) is 5.82 Å². The number of hydrogen-bond donors (Lipinski definition) is 1. The van der Waals surface area contributed by atoms with E-state index in [-0.39, 0.29) is 16.5 Å². The fourth-order valence-corrected chi connectivity index (χ4v) is 1.30. The summed E-state index contributed by atoms with van der Waals surface area (Å²) in [6.07, 6.45) is 1.40. The molecule has 0 unspecified atom stereocenters. The molecule has 0 aliphatic carbocycles. The van der Waals surface area contributed by atoms with E-state index in [0.29, 0.717) is 4.47 Å². The highest BCUT2D eigenvalue weighted by atomic mass is 79.9. The quantitative estimate of drug-likeness (QED) is 0.659. The molecule has 0 radical (unpaired) electrons. The van der Waals surface area contributed by atoms with Crippen LogP contribution in [0.2, 0.25) is 5.02 Å². The van der Waals surface area contributed by atoms with Crippen molar-refractivity contribution in [2.75, 3.05) is 12.4 Å². The van der Waals surface area contributed by atoms with E-state index in [2.05, 4.69) is 26.2 Å². The third-order valence-corrected chi connectivity index (χ3v) is 2.58. The largest absolute Gasteiger partial charge is 0.367 e. The third-order valence-electron chi connectivity index (χ3n) is 1.37. The van der Waals surface area contributed by atoms with Crippen molar-refractivity contribution in [3.8, 4) is 0 Å². The molecule has 7 heteroatoms. The number of hydrogen-bond acceptors (Lipinski definition) is 4. The molecular weight excluding hydrogens is 261 g/mol. The van der Waals surface area contributed by atoms with Gasteiger partial charge in [-0.2, -0.15) is 0 Å². The Bertz CT molecular complexity index is 358. The van der Waals surface area contributed by atoms with Gasteiger partial charge in [0.05, 0.1) is 9.40 Å². The van der Waals surface area contributed by atoms with Crippen LogP contribution in [0.1, 0.15) is 0 Å². The van der Waals surface area contributed by atoms with Gasteiger partial charge in [-0.25, -0.2) is 4.98 Å². The van der Waals surface area contributed by atoms with Gasteiger partial charge in [0.1, 0.15) is 5.02 Å². The normalized spacial score (nSPS) is 9.77. The highest BCUT2D eigenvalue weighted by Gasteiger charge is 2.21. The van der Waals surface area contributed by atoms with Crippen LogP contribution in [-0.4, -0.2) is 17.0 Å². The average Bonchev–Trinajstić information content (AvgIpc) is 2.08. The molecule has 0 aromatic carbocycles. The fourth-order valence-electron chi connectivity index (χ4n) is 0.806. The Morgan fingerprint density at radius 3 is 2.85 bits per heavy atom. The summed E-state index contributed by atoms with van der Waals surface area (Å²) in [5.74, 6) is 0.151. The molecule has 70 valence electrons. The number of nitrogens with zero attached hydrogens (tertiary/aromatic N) is 2. The first-order chi connectivity index (χ1) is 6.07. The molecular formula is C6H5BrClN3O2. The average molecular weight is 266 g/mol. The van der Waals surface area contributed by atoms with Gasteiger partial charge in [0.15, 0.2) is 0 Å². The highest BCUT2D eigenvalue weighted by Crippen LogP contribution is 2.35. The van der Waals surface area contributed by atoms with Gasteiger partial charge in [-0.05, 0) is 15.9 Å². The predicted molar refractivity (Wildman–Crippen MR) is 53.1 cm³/mol. The highest BCUT2D eigenvalue weighted by molar-refractivity contribution is 9.10. The van der Waals surface area contributed by atoms with Crippen LogP contribution < -0.4 is 5.32 Å². The van der Waals surface area contributed by atoms with E-state index >= 15 is 0 Å². The summed E-state index contributed by atoms with van der Waals surface area (Å²) in [5.41, 5.74) is -0.224. The summed E-state index contributed by atoms with van der Waals surface area (Å²) in [5, 5.41) is 13.2. The molecule has 5 nitrogen and oxygen atoms in total. The van der Waals surface area contributed by atoms with Crippen LogP contribution >= 0.6 is 27.5 Å². The lowest BCUT2D eigenvalue weighted by atomic mass is 10.4. The van der Waals surface area contributed by atoms with Gasteiger partial charge >= 0.3 is 5.69 Å². The van der Waals surface area contributed by atoms with Gasteiger partial charge in [0, 0.05) is 13.2 Å². The first-order valence-corrected chi connectivity index (χ1v) is 4.41. The second-order valence-electron chi connectivity index (χ2n) is 2.12. The Hall–Kier alpha value is -0.880. The summed E-state index contributed by atoms with van der Waals surface area (Å²) < 4.78 is 0.403. The molecule has 1 aromatic heterocycles. The van der Waals surface area contributed by atoms with Crippen LogP contribution in [-0.2, 0) is 0 Å². The number of nitro groups is 1. The van der Waals surface area contributed by atoms with Gasteiger partial charge < -0.3 is 5.32 Å². The molecule has 0 amide bonds. The van der Waals surface area contributed by atoms with Crippen molar-refractivity contribution in [1.29, 1.82) is 0 Å². The molecule has 0 atom stereocenters. The number of anilines is 1. The van der Waals surface area contributed by atoms with Crippen molar-refractivity contribution in [2.45, 2.75) is 0 Å². The van der Waals surface area contributed by atoms with Gasteiger partial charge in [0.25, 0.3) is 0 Å². The maximum absolute atomic E-state index is 10.6. The standard InChI is InChI=1S/C6H5BrClN3O2/c1-9-6-5(11(12)13)4(8)3(7)2-10-6/h2H,1H3,(H,9,10). The minimum atomic E-state index is -0.577. The van der Waals surface area contributed by atoms with Crippen molar-refractivity contribution in [2.24, 2.45) is 0 Å². The molecule has 13 heavy (non-hydrogen) atoms. The molecule has 0 fully saturated rings. The zero-order chi connectivity index (χ0) is 10.0. The number of halogens is 2. The van der Waals surface area contributed by atoms with Crippen LogP contribution in [0.4, 0.5) is 11.5 Å². The zero-order valence-corrected chi connectivity index (χ0v) is 8.89. The topological polar surface area (TPSA) is 68.1 Å². The van der Waals surface area contributed by atoms with Crippen molar-refractivity contribution in [3.63, 3.8) is 0 Å². The molecule has 1 aromatic rings. The summed E-state index contributed by atoms with van der Waals surface area (Å²) >= 11 is 8.75. The predicted octanol–water partition coefficient (Wildman–Crippen LogP) is 2.45. The molecule has 0 aliphatic rings. The van der Waals surface area contributed by atoms with E-state index in [1.807, 2.05) is 0 Å². The summed E-state index contributed by atoms with van der Waals surface area (Å²) in [6, 6.07) is 0. The van der Waals surface area contributed by atoms with Crippen molar-refractivity contribution < 1.29 is 4.92 Å². The third kappa shape index (κ3) is 1.89. The van der Waals surface area contributed by atoms with E-state index < -0.39 is 4.92 Å². The zero-order valence-electron chi connectivity index (χ0n) is 6.54. The Kier molecular flexibility index (Phi) is 3.05. The second kappa shape index (κ2) is 3.89. The van der Waals surface area contributed by atoms with Gasteiger partial charge in [-0.15, -0.1) is 0 Å². The number of nitrogens with one attached hydrogen (secondary N) is 1. The summed E-state index contributed by atoms with van der Waals surface area (Å²) in [7, 11) is 1.54. The summed E-state index contributed by atoms with van der Waals surface area (Å²) in [4.78, 5) is 13.8. The molecule has 0 aliphatic heterocycles. The molecule has 1 heterocycles. The maximum atomic E-state index is 10.6. The van der Waals surface area contributed by atoms with E-state index in [1.54, 1.807) is 7.05 Å². The molecule has 0 bridgehead atoms. The number of aromatic nitrogens is 1. The Balaban J connectivity index is 3.41. The van der Waals surface area contributed by atoms with Crippen molar-refractivity contribution in [1.82, 2.24) is 4.98 Å². The Labute approximate surface area is 87.4 Å². The van der Waals surface area contributed by atoms with Crippen molar-refractivity contribution >= 4 is 39.0 Å². The summed E-state index contributed by atoms with van der Waals surface area (Å²) in [6.45, 7) is 0. The monoisotopic (exact) mass is 265 g/mol. The maximum Gasteiger partial charge on any atom is 0.330 e. The molecule has 1 N–H and O–H groups in total. The van der Waals surface area contributed by atoms with Gasteiger partial charge in [-0.3, -0.25) is 10.1 Å². The SMILES string of the molecule is CNc1ncc(Br)c(Cl)c1[N+](=O)[O-]. The van der Waals surface area contributed by atoms with E-state index in [0.717, 1.165) is 0 Å². The first-order valence-electron chi connectivity index (χ1n) is 3.24. The van der Waals surface area contributed by atoms with E-state index in [9.17, 15) is 10.1 Å². The lowest BCUT2D eigenvalue weighted by molar-refractivity contribution is -0.384. The lowest BCUT2D eigenvalue weighted by Gasteiger charge is -2.02. The van der Waals surface area contributed by atoms with E-state index in [4.69, 9.17) is 11.6 Å². The van der Waals surface area contributed by atoms with Gasteiger partial charge in [-0.1, -0.05) is 11.6 Å². The van der Waals surface area contributed by atoms with Crippen molar-refractivity contribution in [3.05, 3.63) is 25.8 Å². The number of pyridine rings is 1. The molecule has 0 saturated carbocycles. The van der Waals surface area contributed by atoms with Crippen LogP contribution in [0.3, 0.4) is 0 Å². The minimum absolute atomic E-state index is 0.0457. The van der Waals surface area contributed by atoms with E-state index in [1.165, 1.54) is 6.20 Å². The van der Waals surface area contributed by atoms with Crippen LogP contribution in [0, 0.1) is 10.1 Å². The fraction of sp³-hybridized carbons (Fsp3) is 0.167. The molecule has 0 saturated heterocycles. The Morgan fingerprint density at radius 2 is 2.38 bits per heavy atom. The molecule has 1 rings (SSSR count). The first kappa shape index (κ1) is 10.2. The van der Waals surface area contributed by atoms with Crippen LogP contribution in [0.25, 0.3) is 0 Å². The van der Waals surface area contributed by atoms with Crippen LogP contribution in [0.5, 0.6) is 0 Å². The Morgan fingerprint density at radius 1 is 1.77 bits per heavy atom. The minimum Gasteiger partial charge on any atom is -0.367 e. The smallest absolute Gasteiger partial charge is 0.330 e. The second-order valence-corrected chi connectivity index (χ2v) is 3.36. The molecule has 0 spiro atoms.